The third-order valence-electron chi connectivity index (χ3n) is 7.35. The number of carbonyl (C=O) groups excluding carboxylic acids is 2. The second kappa shape index (κ2) is 10.7. The van der Waals surface area contributed by atoms with E-state index in [-0.39, 0.29) is 12.5 Å². The van der Waals surface area contributed by atoms with Crippen molar-refractivity contribution >= 4 is 29.7 Å². The fraction of sp³-hybridized carbons (Fsp3) is 0.444. The van der Waals surface area contributed by atoms with Gasteiger partial charge in [-0.15, -0.1) is 0 Å². The standard InChI is InChI=1S/C27H32N2O5S/c1-29(27(25(31)32)14-7-8-15-27)24(30)23(13-16-35-2)28-26(33)34-17-22-20-11-5-3-9-18(20)19-10-4-6-12-21(19)22/h3-6,9-12,22-23H,7-8,13-17H2,1-2H3,(H,28,33)(H,31,32). The highest BCUT2D eigenvalue weighted by Gasteiger charge is 2.48. The number of likely N-dealkylation sites (N-methyl/N-ethyl adjacent to an activating group) is 1. The van der Waals surface area contributed by atoms with E-state index in [2.05, 4.69) is 17.4 Å². The molecule has 4 rings (SSSR count). The molecule has 2 amide bonds. The lowest BCUT2D eigenvalue weighted by molar-refractivity contribution is -0.158. The number of alkyl carbamates (subject to hydrolysis) is 1. The van der Waals surface area contributed by atoms with Crippen molar-refractivity contribution < 1.29 is 24.2 Å². The number of carbonyl (C=O) groups is 3. The van der Waals surface area contributed by atoms with Crippen LogP contribution in [0.5, 0.6) is 0 Å². The van der Waals surface area contributed by atoms with Gasteiger partial charge in [0.25, 0.3) is 0 Å². The number of fused-ring (bicyclic) bond motifs is 3. The molecule has 1 fully saturated rings. The van der Waals surface area contributed by atoms with Gasteiger partial charge in [0.15, 0.2) is 0 Å². The molecule has 2 aromatic carbocycles. The summed E-state index contributed by atoms with van der Waals surface area (Å²) in [6, 6.07) is 15.3. The van der Waals surface area contributed by atoms with E-state index in [9.17, 15) is 19.5 Å². The molecule has 35 heavy (non-hydrogen) atoms. The molecule has 0 saturated heterocycles. The van der Waals surface area contributed by atoms with Crippen LogP contribution in [0.4, 0.5) is 4.79 Å². The zero-order chi connectivity index (χ0) is 25.0. The van der Waals surface area contributed by atoms with Crippen LogP contribution in [0.1, 0.15) is 49.1 Å². The van der Waals surface area contributed by atoms with E-state index in [0.717, 1.165) is 35.1 Å². The molecule has 2 aliphatic carbocycles. The van der Waals surface area contributed by atoms with Gasteiger partial charge in [0.1, 0.15) is 18.2 Å². The minimum atomic E-state index is -1.21. The maximum atomic E-state index is 13.4. The number of amides is 2. The summed E-state index contributed by atoms with van der Waals surface area (Å²) in [5.74, 6) is -0.814. The Kier molecular flexibility index (Phi) is 7.69. The van der Waals surface area contributed by atoms with Crippen LogP contribution in [0, 0.1) is 0 Å². The average Bonchev–Trinajstić information content (AvgIpc) is 3.49. The molecule has 0 heterocycles. The largest absolute Gasteiger partial charge is 0.479 e. The average molecular weight is 497 g/mol. The molecular formula is C27H32N2O5S. The molecular weight excluding hydrogens is 464 g/mol. The lowest BCUT2D eigenvalue weighted by Gasteiger charge is -2.37. The Morgan fingerprint density at radius 1 is 1.09 bits per heavy atom. The number of benzene rings is 2. The van der Waals surface area contributed by atoms with Crippen LogP contribution >= 0.6 is 11.8 Å². The molecule has 186 valence electrons. The summed E-state index contributed by atoms with van der Waals surface area (Å²) in [6.45, 7) is 0.151. The van der Waals surface area contributed by atoms with Gasteiger partial charge in [-0.05, 0) is 53.5 Å². The summed E-state index contributed by atoms with van der Waals surface area (Å²) in [5, 5.41) is 12.6. The number of carboxylic acid groups (broad SMARTS) is 1. The smallest absolute Gasteiger partial charge is 0.407 e. The van der Waals surface area contributed by atoms with E-state index in [1.165, 1.54) is 11.9 Å². The van der Waals surface area contributed by atoms with Gasteiger partial charge in [-0.25, -0.2) is 9.59 Å². The van der Waals surface area contributed by atoms with Gasteiger partial charge < -0.3 is 20.1 Å². The Hall–Kier alpha value is -3.00. The maximum absolute atomic E-state index is 13.4. The van der Waals surface area contributed by atoms with E-state index in [0.29, 0.717) is 25.0 Å². The molecule has 2 N–H and O–H groups in total. The van der Waals surface area contributed by atoms with Gasteiger partial charge >= 0.3 is 12.1 Å². The third kappa shape index (κ3) is 4.89. The molecule has 1 atom stereocenters. The number of ether oxygens (including phenoxy) is 1. The Morgan fingerprint density at radius 2 is 1.66 bits per heavy atom. The van der Waals surface area contributed by atoms with Crippen LogP contribution < -0.4 is 5.32 Å². The van der Waals surface area contributed by atoms with Crippen molar-refractivity contribution in [2.45, 2.75) is 49.6 Å². The van der Waals surface area contributed by atoms with E-state index in [1.54, 1.807) is 11.8 Å². The first-order valence-corrected chi connectivity index (χ1v) is 13.4. The molecule has 0 bridgehead atoms. The molecule has 8 heteroatoms. The van der Waals surface area contributed by atoms with Gasteiger partial charge in [-0.1, -0.05) is 61.4 Å². The number of nitrogens with one attached hydrogen (secondary N) is 1. The first-order valence-electron chi connectivity index (χ1n) is 12.0. The number of aliphatic carboxylic acids is 1. The van der Waals surface area contributed by atoms with Crippen LogP contribution in [0.25, 0.3) is 11.1 Å². The number of hydrogen-bond acceptors (Lipinski definition) is 5. The van der Waals surface area contributed by atoms with Crippen molar-refractivity contribution in [1.29, 1.82) is 0 Å². The lowest BCUT2D eigenvalue weighted by atomic mass is 9.94. The van der Waals surface area contributed by atoms with Crippen molar-refractivity contribution in [2.24, 2.45) is 0 Å². The number of thioether (sulfide) groups is 1. The molecule has 0 aromatic heterocycles. The number of rotatable bonds is 9. The van der Waals surface area contributed by atoms with Gasteiger partial charge in [-0.2, -0.15) is 11.8 Å². The zero-order valence-corrected chi connectivity index (χ0v) is 21.0. The number of carboxylic acids is 1. The van der Waals surface area contributed by atoms with Gasteiger partial charge in [0.2, 0.25) is 5.91 Å². The molecule has 1 saturated carbocycles. The van der Waals surface area contributed by atoms with Crippen molar-refractivity contribution in [3.63, 3.8) is 0 Å². The number of hydrogen-bond donors (Lipinski definition) is 2. The Bertz CT molecular complexity index is 1050. The van der Waals surface area contributed by atoms with Gasteiger partial charge in [0, 0.05) is 13.0 Å². The Morgan fingerprint density at radius 3 is 2.20 bits per heavy atom. The van der Waals surface area contributed by atoms with Crippen LogP contribution in [-0.2, 0) is 14.3 Å². The molecule has 0 radical (unpaired) electrons. The molecule has 7 nitrogen and oxygen atoms in total. The van der Waals surface area contributed by atoms with Crippen LogP contribution in [0.2, 0.25) is 0 Å². The minimum absolute atomic E-state index is 0.0788. The maximum Gasteiger partial charge on any atom is 0.407 e. The van der Waals surface area contributed by atoms with Crippen molar-refractivity contribution in [3.05, 3.63) is 59.7 Å². The first kappa shape index (κ1) is 25.1. The monoisotopic (exact) mass is 496 g/mol. The Balaban J connectivity index is 1.45. The fourth-order valence-electron chi connectivity index (χ4n) is 5.37. The van der Waals surface area contributed by atoms with Crippen LogP contribution in [-0.4, -0.2) is 65.2 Å². The quantitative estimate of drug-likeness (QED) is 0.531. The summed E-state index contributed by atoms with van der Waals surface area (Å²) in [6.07, 6.45) is 4.02. The normalized spacial score (nSPS) is 16.7. The van der Waals surface area contributed by atoms with Gasteiger partial charge in [-0.3, -0.25) is 4.79 Å². The highest BCUT2D eigenvalue weighted by atomic mass is 32.2. The second-order valence-electron chi connectivity index (χ2n) is 9.25. The summed E-state index contributed by atoms with van der Waals surface area (Å²) >= 11 is 1.56. The summed E-state index contributed by atoms with van der Waals surface area (Å²) in [4.78, 5) is 39.6. The van der Waals surface area contributed by atoms with Crippen molar-refractivity contribution in [3.8, 4) is 11.1 Å². The molecule has 0 spiro atoms. The molecule has 1 unspecified atom stereocenters. The van der Waals surface area contributed by atoms with E-state index < -0.39 is 29.6 Å². The topological polar surface area (TPSA) is 95.9 Å². The zero-order valence-electron chi connectivity index (χ0n) is 20.2. The third-order valence-corrected chi connectivity index (χ3v) is 7.99. The highest BCUT2D eigenvalue weighted by molar-refractivity contribution is 7.98. The van der Waals surface area contributed by atoms with Crippen molar-refractivity contribution in [1.82, 2.24) is 10.2 Å². The fourth-order valence-corrected chi connectivity index (χ4v) is 5.84. The summed E-state index contributed by atoms with van der Waals surface area (Å²) in [7, 11) is 1.53. The first-order chi connectivity index (χ1) is 16.9. The van der Waals surface area contributed by atoms with Crippen LogP contribution in [0.15, 0.2) is 48.5 Å². The lowest BCUT2D eigenvalue weighted by Crippen LogP contribution is -2.58. The molecule has 0 aliphatic heterocycles. The van der Waals surface area contributed by atoms with Crippen molar-refractivity contribution in [2.75, 3.05) is 25.7 Å². The van der Waals surface area contributed by atoms with E-state index in [4.69, 9.17) is 4.74 Å². The minimum Gasteiger partial charge on any atom is -0.479 e. The second-order valence-corrected chi connectivity index (χ2v) is 10.2. The summed E-state index contributed by atoms with van der Waals surface area (Å²) in [5.41, 5.74) is 3.30. The molecule has 2 aromatic rings. The number of nitrogens with zero attached hydrogens (tertiary/aromatic N) is 1. The summed E-state index contributed by atoms with van der Waals surface area (Å²) < 4.78 is 5.63. The van der Waals surface area contributed by atoms with Crippen LogP contribution in [0.3, 0.4) is 0 Å². The molecule has 2 aliphatic rings. The SMILES string of the molecule is CSCCC(NC(=O)OCC1c2ccccc2-c2ccccc21)C(=O)N(C)C1(C(=O)O)CCCC1. The predicted octanol–water partition coefficient (Wildman–Crippen LogP) is 4.50. The van der Waals surface area contributed by atoms with E-state index in [1.807, 2.05) is 42.7 Å². The Labute approximate surface area is 210 Å². The predicted molar refractivity (Wildman–Crippen MR) is 137 cm³/mol. The highest BCUT2D eigenvalue weighted by Crippen LogP contribution is 2.44. The van der Waals surface area contributed by atoms with E-state index >= 15 is 0 Å². The van der Waals surface area contributed by atoms with Gasteiger partial charge in [0.05, 0.1) is 0 Å².